The van der Waals surface area contributed by atoms with Gasteiger partial charge in [-0.2, -0.15) is 0 Å². The van der Waals surface area contributed by atoms with E-state index in [1.165, 1.54) is 4.88 Å². The highest BCUT2D eigenvalue weighted by atomic mass is 32.1. The van der Waals surface area contributed by atoms with Crippen molar-refractivity contribution in [3.63, 3.8) is 0 Å². The van der Waals surface area contributed by atoms with Gasteiger partial charge in [-0.1, -0.05) is 0 Å². The molecule has 0 aliphatic heterocycles. The van der Waals surface area contributed by atoms with E-state index >= 15 is 0 Å². The van der Waals surface area contributed by atoms with Gasteiger partial charge in [-0.25, -0.2) is 4.79 Å². The Morgan fingerprint density at radius 3 is 2.86 bits per heavy atom. The van der Waals surface area contributed by atoms with Crippen molar-refractivity contribution in [1.82, 2.24) is 15.6 Å². The summed E-state index contributed by atoms with van der Waals surface area (Å²) in [6, 6.07) is 0.647. The highest BCUT2D eigenvalue weighted by Crippen LogP contribution is 2.20. The maximum Gasteiger partial charge on any atom is 0.407 e. The average Bonchev–Trinajstić information content (AvgIpc) is 2.87. The Labute approximate surface area is 130 Å². The molecule has 118 valence electrons. The van der Waals surface area contributed by atoms with Gasteiger partial charge in [0.25, 0.3) is 0 Å². The number of carbonyl (C=O) groups excluding carboxylic acids is 1. The number of hydrogen-bond acceptors (Lipinski definition) is 5. The van der Waals surface area contributed by atoms with Gasteiger partial charge in [0.15, 0.2) is 0 Å². The third kappa shape index (κ3) is 6.01. The van der Waals surface area contributed by atoms with Crippen LogP contribution >= 0.6 is 11.3 Å². The fourth-order valence-electron chi connectivity index (χ4n) is 2.55. The Kier molecular flexibility index (Phi) is 5.58. The lowest BCUT2D eigenvalue weighted by Gasteiger charge is -2.31. The number of carbonyl (C=O) groups is 1. The van der Waals surface area contributed by atoms with Gasteiger partial charge >= 0.3 is 6.09 Å². The van der Waals surface area contributed by atoms with E-state index in [2.05, 4.69) is 15.6 Å². The van der Waals surface area contributed by atoms with E-state index in [4.69, 9.17) is 4.74 Å². The molecule has 0 radical (unpaired) electrons. The Balaban J connectivity index is 1.74. The van der Waals surface area contributed by atoms with Crippen LogP contribution in [0.2, 0.25) is 0 Å². The minimum Gasteiger partial charge on any atom is -0.444 e. The van der Waals surface area contributed by atoms with E-state index in [9.17, 15) is 4.79 Å². The molecule has 2 N–H and O–H groups in total. The van der Waals surface area contributed by atoms with Gasteiger partial charge in [0.2, 0.25) is 0 Å². The largest absolute Gasteiger partial charge is 0.444 e. The van der Waals surface area contributed by atoms with Crippen molar-refractivity contribution in [2.75, 3.05) is 0 Å². The van der Waals surface area contributed by atoms with E-state index in [1.54, 1.807) is 11.3 Å². The second-order valence-electron chi connectivity index (χ2n) is 6.56. The fourth-order valence-corrected chi connectivity index (χ4v) is 3.10. The molecule has 1 fully saturated rings. The van der Waals surface area contributed by atoms with Crippen LogP contribution in [0.1, 0.15) is 51.3 Å². The SMILES string of the molecule is CC(C)(C)OC(=O)N[C@@H]1CCC[C@H](NCc2cncs2)C1. The van der Waals surface area contributed by atoms with Crippen LogP contribution in [-0.4, -0.2) is 28.8 Å². The molecule has 1 aromatic heterocycles. The molecule has 21 heavy (non-hydrogen) atoms. The molecule has 6 heteroatoms. The number of aromatic nitrogens is 1. The third-order valence-electron chi connectivity index (χ3n) is 3.44. The molecule has 1 amide bonds. The van der Waals surface area contributed by atoms with Gasteiger partial charge in [-0.05, 0) is 46.5 Å². The lowest BCUT2D eigenvalue weighted by Crippen LogP contribution is -2.45. The van der Waals surface area contributed by atoms with Crippen molar-refractivity contribution in [2.24, 2.45) is 0 Å². The van der Waals surface area contributed by atoms with Crippen LogP contribution in [0.5, 0.6) is 0 Å². The molecule has 0 unspecified atom stereocenters. The second kappa shape index (κ2) is 7.22. The molecule has 5 nitrogen and oxygen atoms in total. The second-order valence-corrected chi connectivity index (χ2v) is 7.53. The summed E-state index contributed by atoms with van der Waals surface area (Å²) in [7, 11) is 0. The highest BCUT2D eigenvalue weighted by molar-refractivity contribution is 7.09. The van der Waals surface area contributed by atoms with Gasteiger partial charge in [0.05, 0.1) is 5.51 Å². The van der Waals surface area contributed by atoms with Gasteiger partial charge < -0.3 is 15.4 Å². The van der Waals surface area contributed by atoms with E-state index < -0.39 is 5.60 Å². The molecule has 0 aromatic carbocycles. The molecule has 2 rings (SSSR count). The van der Waals surface area contributed by atoms with Crippen molar-refractivity contribution in [3.05, 3.63) is 16.6 Å². The number of thiazole rings is 1. The summed E-state index contributed by atoms with van der Waals surface area (Å²) >= 11 is 1.67. The maximum atomic E-state index is 11.8. The Morgan fingerprint density at radius 2 is 2.19 bits per heavy atom. The molecule has 0 spiro atoms. The normalized spacial score (nSPS) is 22.8. The van der Waals surface area contributed by atoms with Gasteiger partial charge in [0.1, 0.15) is 5.60 Å². The standard InChI is InChI=1S/C15H25N3O2S/c1-15(2,3)20-14(19)18-12-6-4-5-11(7-12)17-9-13-8-16-10-21-13/h8,10-12,17H,4-7,9H2,1-3H3,(H,18,19)/t11-,12+/m0/s1. The monoisotopic (exact) mass is 311 g/mol. The first kappa shape index (κ1) is 16.2. The molecule has 2 atom stereocenters. The first-order valence-corrected chi connectivity index (χ1v) is 8.40. The zero-order valence-electron chi connectivity index (χ0n) is 13.0. The highest BCUT2D eigenvalue weighted by Gasteiger charge is 2.25. The van der Waals surface area contributed by atoms with Crippen LogP contribution in [0.15, 0.2) is 11.7 Å². The van der Waals surface area contributed by atoms with E-state index in [1.807, 2.05) is 32.5 Å². The Hall–Kier alpha value is -1.14. The van der Waals surface area contributed by atoms with Crippen molar-refractivity contribution in [3.8, 4) is 0 Å². The summed E-state index contributed by atoms with van der Waals surface area (Å²) < 4.78 is 5.32. The topological polar surface area (TPSA) is 63.2 Å². The minimum absolute atomic E-state index is 0.201. The lowest BCUT2D eigenvalue weighted by atomic mass is 9.91. The van der Waals surface area contributed by atoms with Crippen molar-refractivity contribution in [2.45, 2.75) is 70.7 Å². The summed E-state index contributed by atoms with van der Waals surface area (Å²) in [6.07, 6.45) is 5.86. The first-order chi connectivity index (χ1) is 9.92. The van der Waals surface area contributed by atoms with Gasteiger partial charge in [-0.3, -0.25) is 4.98 Å². The number of ether oxygens (including phenoxy) is 1. The summed E-state index contributed by atoms with van der Waals surface area (Å²) in [5.74, 6) is 0. The Morgan fingerprint density at radius 1 is 1.43 bits per heavy atom. The van der Waals surface area contributed by atoms with Crippen LogP contribution in [0.3, 0.4) is 0 Å². The summed E-state index contributed by atoms with van der Waals surface area (Å²) in [5.41, 5.74) is 1.41. The molecular weight excluding hydrogens is 286 g/mol. The molecule has 0 bridgehead atoms. The van der Waals surface area contributed by atoms with Crippen LogP contribution < -0.4 is 10.6 Å². The van der Waals surface area contributed by atoms with Crippen LogP contribution in [-0.2, 0) is 11.3 Å². The number of nitrogens with one attached hydrogen (secondary N) is 2. The van der Waals surface area contributed by atoms with Crippen molar-refractivity contribution >= 4 is 17.4 Å². The predicted octanol–water partition coefficient (Wildman–Crippen LogP) is 3.07. The zero-order valence-corrected chi connectivity index (χ0v) is 13.8. The number of hydrogen-bond donors (Lipinski definition) is 2. The van der Waals surface area contributed by atoms with Crippen molar-refractivity contribution < 1.29 is 9.53 Å². The van der Waals surface area contributed by atoms with Crippen LogP contribution in [0, 0.1) is 0 Å². The average molecular weight is 311 g/mol. The molecule has 0 saturated heterocycles. The molecule has 1 aliphatic rings. The smallest absolute Gasteiger partial charge is 0.407 e. The number of alkyl carbamates (subject to hydrolysis) is 1. The lowest BCUT2D eigenvalue weighted by molar-refractivity contribution is 0.0488. The maximum absolute atomic E-state index is 11.8. The predicted molar refractivity (Wildman–Crippen MR) is 84.4 cm³/mol. The van der Waals surface area contributed by atoms with Gasteiger partial charge in [0, 0.05) is 29.7 Å². The molecule has 1 aromatic rings. The van der Waals surface area contributed by atoms with Crippen molar-refractivity contribution in [1.29, 1.82) is 0 Å². The molecule has 1 aliphatic carbocycles. The quantitative estimate of drug-likeness (QED) is 0.897. The van der Waals surface area contributed by atoms with Crippen LogP contribution in [0.4, 0.5) is 4.79 Å². The zero-order chi connectivity index (χ0) is 15.3. The number of rotatable bonds is 4. The van der Waals surface area contributed by atoms with E-state index in [-0.39, 0.29) is 12.1 Å². The minimum atomic E-state index is -0.442. The summed E-state index contributed by atoms with van der Waals surface area (Å²) in [5, 5.41) is 6.54. The summed E-state index contributed by atoms with van der Waals surface area (Å²) in [6.45, 7) is 6.50. The molecule has 1 saturated carbocycles. The summed E-state index contributed by atoms with van der Waals surface area (Å²) in [4.78, 5) is 17.1. The first-order valence-electron chi connectivity index (χ1n) is 7.52. The third-order valence-corrected chi connectivity index (χ3v) is 4.22. The molecular formula is C15H25N3O2S. The van der Waals surface area contributed by atoms with E-state index in [0.29, 0.717) is 6.04 Å². The van der Waals surface area contributed by atoms with Gasteiger partial charge in [-0.15, -0.1) is 11.3 Å². The fraction of sp³-hybridized carbons (Fsp3) is 0.733. The Bertz CT molecular complexity index is 442. The number of amides is 1. The van der Waals surface area contributed by atoms with Crippen LogP contribution in [0.25, 0.3) is 0 Å². The van der Waals surface area contributed by atoms with E-state index in [0.717, 1.165) is 32.2 Å². The number of nitrogens with zero attached hydrogens (tertiary/aromatic N) is 1. The molecule has 1 heterocycles.